The predicted molar refractivity (Wildman–Crippen MR) is 101 cm³/mol. The van der Waals surface area contributed by atoms with Crippen LogP contribution in [0.25, 0.3) is 0 Å². The van der Waals surface area contributed by atoms with E-state index in [0.29, 0.717) is 5.56 Å². The van der Waals surface area contributed by atoms with Gasteiger partial charge in [0.15, 0.2) is 0 Å². The average Bonchev–Trinajstić information content (AvgIpc) is 2.60. The molecule has 0 bridgehead atoms. The summed E-state index contributed by atoms with van der Waals surface area (Å²) in [6.45, 7) is 6.22. The molecule has 1 amide bonds. The average molecular weight is 376 g/mol. The molecule has 0 fully saturated rings. The first-order valence-corrected chi connectivity index (χ1v) is 9.55. The zero-order valence-corrected chi connectivity index (χ0v) is 16.4. The summed E-state index contributed by atoms with van der Waals surface area (Å²) < 4.78 is 25.1. The number of hydrogen-bond donors (Lipinski definition) is 1. The van der Waals surface area contributed by atoms with E-state index in [0.717, 1.165) is 15.7 Å². The van der Waals surface area contributed by atoms with Crippen LogP contribution in [0.15, 0.2) is 53.4 Å². The quantitative estimate of drug-likeness (QED) is 0.812. The third kappa shape index (κ3) is 4.30. The summed E-state index contributed by atoms with van der Waals surface area (Å²) in [5.74, 6) is -0.300. The molecule has 1 N–H and O–H groups in total. The molecule has 7 heteroatoms. The first-order chi connectivity index (χ1) is 12.1. The molecule has 140 valence electrons. The molecular formula is C19H24N2O4S. The number of carbonyl (C=O) groups is 1. The van der Waals surface area contributed by atoms with Crippen LogP contribution in [0, 0.1) is 0 Å². The fourth-order valence-electron chi connectivity index (χ4n) is 2.47. The van der Waals surface area contributed by atoms with Crippen molar-refractivity contribution in [2.45, 2.75) is 31.1 Å². The fourth-order valence-corrected chi connectivity index (χ4v) is 3.44. The maximum atomic E-state index is 12.5. The summed E-state index contributed by atoms with van der Waals surface area (Å²) >= 11 is 0. The monoisotopic (exact) mass is 376 g/mol. The minimum absolute atomic E-state index is 0.0495. The van der Waals surface area contributed by atoms with Crippen LogP contribution < -0.4 is 5.32 Å². The van der Waals surface area contributed by atoms with Crippen LogP contribution in [0.5, 0.6) is 0 Å². The van der Waals surface area contributed by atoms with Crippen LogP contribution in [-0.2, 0) is 20.3 Å². The largest absolute Gasteiger partial charge is 0.322 e. The lowest BCUT2D eigenvalue weighted by atomic mass is 9.86. The molecule has 2 rings (SSSR count). The SMILES string of the molecule is CON(C)S(=O)(=O)c1ccc(C(=O)Nc2ccccc2C(C)(C)C)cc1. The third-order valence-electron chi connectivity index (χ3n) is 3.99. The highest BCUT2D eigenvalue weighted by Crippen LogP contribution is 2.29. The Kier molecular flexibility index (Phi) is 5.85. The van der Waals surface area contributed by atoms with Crippen LogP contribution in [0.3, 0.4) is 0 Å². The van der Waals surface area contributed by atoms with Gasteiger partial charge in [-0.2, -0.15) is 0 Å². The van der Waals surface area contributed by atoms with E-state index in [2.05, 4.69) is 26.1 Å². The predicted octanol–water partition coefficient (Wildman–Crippen LogP) is 3.42. The first kappa shape index (κ1) is 20.1. The molecule has 0 unspecified atom stereocenters. The summed E-state index contributed by atoms with van der Waals surface area (Å²) in [6, 6.07) is 13.3. The van der Waals surface area contributed by atoms with E-state index >= 15 is 0 Å². The molecule has 0 heterocycles. The Morgan fingerprint density at radius 2 is 1.62 bits per heavy atom. The van der Waals surface area contributed by atoms with Gasteiger partial charge >= 0.3 is 0 Å². The molecular weight excluding hydrogens is 352 g/mol. The number of benzene rings is 2. The van der Waals surface area contributed by atoms with E-state index in [1.165, 1.54) is 38.4 Å². The number of nitrogens with one attached hydrogen (secondary N) is 1. The van der Waals surface area contributed by atoms with Gasteiger partial charge in [0.1, 0.15) is 0 Å². The second-order valence-corrected chi connectivity index (χ2v) is 8.81. The van der Waals surface area contributed by atoms with Crippen molar-refractivity contribution >= 4 is 21.6 Å². The standard InChI is InChI=1S/C19H24N2O4S/c1-19(2,3)16-8-6-7-9-17(16)20-18(22)14-10-12-15(13-11-14)26(23,24)21(4)25-5/h6-13H,1-5H3,(H,20,22). The van der Waals surface area contributed by atoms with E-state index in [9.17, 15) is 13.2 Å². The summed E-state index contributed by atoms with van der Waals surface area (Å²) in [5.41, 5.74) is 2.01. The molecule has 0 aliphatic rings. The number of para-hydroxylation sites is 1. The highest BCUT2D eigenvalue weighted by Gasteiger charge is 2.22. The van der Waals surface area contributed by atoms with Crippen molar-refractivity contribution < 1.29 is 18.0 Å². The highest BCUT2D eigenvalue weighted by molar-refractivity contribution is 7.89. The Balaban J connectivity index is 2.25. The Morgan fingerprint density at radius 3 is 2.15 bits per heavy atom. The van der Waals surface area contributed by atoms with Crippen molar-refractivity contribution in [3.8, 4) is 0 Å². The maximum Gasteiger partial charge on any atom is 0.264 e. The van der Waals surface area contributed by atoms with E-state index in [-0.39, 0.29) is 16.2 Å². The van der Waals surface area contributed by atoms with Crippen LogP contribution in [0.1, 0.15) is 36.7 Å². The highest BCUT2D eigenvalue weighted by atomic mass is 32.2. The zero-order chi connectivity index (χ0) is 19.5. The number of nitrogens with zero attached hydrogens (tertiary/aromatic N) is 1. The van der Waals surface area contributed by atoms with Gasteiger partial charge in [0.05, 0.1) is 12.0 Å². The molecule has 2 aromatic carbocycles. The third-order valence-corrected chi connectivity index (χ3v) is 5.69. The molecule has 0 aliphatic heterocycles. The van der Waals surface area contributed by atoms with Gasteiger partial charge in [-0.15, -0.1) is 0 Å². The molecule has 0 atom stereocenters. The van der Waals surface area contributed by atoms with Gasteiger partial charge < -0.3 is 5.32 Å². The van der Waals surface area contributed by atoms with Gasteiger partial charge in [0.25, 0.3) is 15.9 Å². The normalized spacial score (nSPS) is 12.2. The summed E-state index contributed by atoms with van der Waals surface area (Å²) in [5, 5.41) is 2.90. The maximum absolute atomic E-state index is 12.5. The van der Waals surface area contributed by atoms with Gasteiger partial charge in [-0.1, -0.05) is 43.4 Å². The molecule has 0 saturated carbocycles. The minimum Gasteiger partial charge on any atom is -0.322 e. The van der Waals surface area contributed by atoms with Crippen molar-refractivity contribution in [3.05, 3.63) is 59.7 Å². The molecule has 0 saturated heterocycles. The number of carbonyl (C=O) groups excluding carboxylic acids is 1. The smallest absolute Gasteiger partial charge is 0.264 e. The topological polar surface area (TPSA) is 75.7 Å². The van der Waals surface area contributed by atoms with Gasteiger partial charge in [0.2, 0.25) is 0 Å². The summed E-state index contributed by atoms with van der Waals surface area (Å²) in [6.07, 6.45) is 0. The van der Waals surface area contributed by atoms with E-state index in [1.807, 2.05) is 24.3 Å². The second kappa shape index (κ2) is 7.57. The lowest BCUT2D eigenvalue weighted by molar-refractivity contribution is -0.0258. The molecule has 0 spiro atoms. The number of hydrogen-bond acceptors (Lipinski definition) is 4. The molecule has 6 nitrogen and oxygen atoms in total. The lowest BCUT2D eigenvalue weighted by Crippen LogP contribution is -2.25. The van der Waals surface area contributed by atoms with Gasteiger partial charge in [-0.3, -0.25) is 9.63 Å². The Hall–Kier alpha value is -2.22. The lowest BCUT2D eigenvalue weighted by Gasteiger charge is -2.23. The Labute approximate surface area is 154 Å². The Bertz CT molecular complexity index is 885. The van der Waals surface area contributed by atoms with Gasteiger partial charge in [-0.05, 0) is 41.3 Å². The van der Waals surface area contributed by atoms with Crippen molar-refractivity contribution in [2.75, 3.05) is 19.5 Å². The van der Waals surface area contributed by atoms with Crippen molar-refractivity contribution in [3.63, 3.8) is 0 Å². The van der Waals surface area contributed by atoms with E-state index < -0.39 is 10.0 Å². The van der Waals surface area contributed by atoms with E-state index in [4.69, 9.17) is 4.84 Å². The van der Waals surface area contributed by atoms with Crippen LogP contribution >= 0.6 is 0 Å². The first-order valence-electron chi connectivity index (χ1n) is 8.11. The number of hydroxylamine groups is 1. The number of anilines is 1. The van der Waals surface area contributed by atoms with Gasteiger partial charge in [-0.25, -0.2) is 8.42 Å². The van der Waals surface area contributed by atoms with Crippen LogP contribution in [0.2, 0.25) is 0 Å². The Morgan fingerprint density at radius 1 is 1.04 bits per heavy atom. The minimum atomic E-state index is -3.74. The second-order valence-electron chi connectivity index (χ2n) is 6.87. The number of rotatable bonds is 5. The molecule has 26 heavy (non-hydrogen) atoms. The van der Waals surface area contributed by atoms with Gasteiger partial charge in [0, 0.05) is 18.3 Å². The van der Waals surface area contributed by atoms with Crippen molar-refractivity contribution in [1.82, 2.24) is 4.47 Å². The van der Waals surface area contributed by atoms with Crippen molar-refractivity contribution in [1.29, 1.82) is 0 Å². The molecule has 0 radical (unpaired) electrons. The molecule has 0 aromatic heterocycles. The molecule has 2 aromatic rings. The van der Waals surface area contributed by atoms with Crippen molar-refractivity contribution in [2.24, 2.45) is 0 Å². The summed E-state index contributed by atoms with van der Waals surface area (Å²) in [4.78, 5) is 17.3. The van der Waals surface area contributed by atoms with Crippen LogP contribution in [-0.4, -0.2) is 33.0 Å². The fraction of sp³-hybridized carbons (Fsp3) is 0.316. The van der Waals surface area contributed by atoms with E-state index in [1.54, 1.807) is 0 Å². The van der Waals surface area contributed by atoms with Crippen LogP contribution in [0.4, 0.5) is 5.69 Å². The molecule has 0 aliphatic carbocycles. The summed E-state index contributed by atoms with van der Waals surface area (Å²) in [7, 11) is -1.16. The zero-order valence-electron chi connectivity index (χ0n) is 15.6. The number of sulfonamides is 1. The number of amides is 1.